The summed E-state index contributed by atoms with van der Waals surface area (Å²) < 4.78 is 25.2. The summed E-state index contributed by atoms with van der Waals surface area (Å²) in [5.74, 6) is -0.281. The van der Waals surface area contributed by atoms with Crippen LogP contribution in [0.5, 0.6) is 0 Å². The molecule has 0 bridgehead atoms. The quantitative estimate of drug-likeness (QED) is 0.867. The molecule has 9 heteroatoms. The number of benzene rings is 1. The van der Waals surface area contributed by atoms with Crippen LogP contribution in [-0.4, -0.2) is 34.5 Å². The minimum atomic E-state index is -3.47. The van der Waals surface area contributed by atoms with Gasteiger partial charge in [-0.3, -0.25) is 10.1 Å². The predicted octanol–water partition coefficient (Wildman–Crippen LogP) is 0.529. The van der Waals surface area contributed by atoms with E-state index in [4.69, 9.17) is 0 Å². The van der Waals surface area contributed by atoms with Gasteiger partial charge in [0.1, 0.15) is 0 Å². The van der Waals surface area contributed by atoms with E-state index in [9.17, 15) is 13.2 Å². The van der Waals surface area contributed by atoms with Gasteiger partial charge in [-0.25, -0.2) is 13.1 Å². The van der Waals surface area contributed by atoms with Crippen molar-refractivity contribution in [3.8, 4) is 0 Å². The maximum absolute atomic E-state index is 12.3. The highest BCUT2D eigenvalue weighted by Crippen LogP contribution is 2.31. The molecule has 0 unspecified atom stereocenters. The van der Waals surface area contributed by atoms with Crippen LogP contribution in [0, 0.1) is 6.92 Å². The fraction of sp³-hybridized carbons (Fsp3) is 0.167. The van der Waals surface area contributed by atoms with Gasteiger partial charge in [0.05, 0.1) is 4.90 Å². The molecule has 0 atom stereocenters. The van der Waals surface area contributed by atoms with Crippen LogP contribution in [0.1, 0.15) is 21.5 Å². The molecular weight excluding hydrogens is 294 g/mol. The van der Waals surface area contributed by atoms with Gasteiger partial charge in [0.15, 0.2) is 0 Å². The summed E-state index contributed by atoms with van der Waals surface area (Å²) in [5, 5.41) is 14.3. The minimum absolute atomic E-state index is 0.172. The van der Waals surface area contributed by atoms with Crippen LogP contribution >= 0.6 is 0 Å². The third-order valence-corrected chi connectivity index (χ3v) is 4.84. The van der Waals surface area contributed by atoms with E-state index < -0.39 is 15.7 Å². The van der Waals surface area contributed by atoms with Gasteiger partial charge < -0.3 is 0 Å². The summed E-state index contributed by atoms with van der Waals surface area (Å²) in [6, 6.07) is 3.19. The first kappa shape index (κ1) is 13.4. The van der Waals surface area contributed by atoms with Crippen molar-refractivity contribution < 1.29 is 13.2 Å². The Hall–Kier alpha value is -2.55. The monoisotopic (exact) mass is 305 g/mol. The highest BCUT2D eigenvalue weighted by Gasteiger charge is 2.26. The lowest BCUT2D eigenvalue weighted by atomic mass is 10.0. The molecular formula is C12H11N5O3S. The number of sulfone groups is 1. The number of amides is 1. The van der Waals surface area contributed by atoms with Crippen LogP contribution in [0.3, 0.4) is 0 Å². The van der Waals surface area contributed by atoms with Gasteiger partial charge in [0.25, 0.3) is 5.91 Å². The third-order valence-electron chi connectivity index (χ3n) is 3.24. The Labute approximate surface area is 120 Å². The van der Waals surface area contributed by atoms with Crippen molar-refractivity contribution in [1.29, 1.82) is 0 Å². The fourth-order valence-electron chi connectivity index (χ4n) is 2.20. The summed E-state index contributed by atoms with van der Waals surface area (Å²) in [6.07, 6.45) is 1.52. The smallest absolute Gasteiger partial charge is 0.258 e. The van der Waals surface area contributed by atoms with Crippen LogP contribution in [0.4, 0.5) is 5.95 Å². The Balaban J connectivity index is 2.02. The van der Waals surface area contributed by atoms with Crippen molar-refractivity contribution in [3.05, 3.63) is 34.2 Å². The van der Waals surface area contributed by atoms with E-state index in [-0.39, 0.29) is 16.4 Å². The number of nitrogens with zero attached hydrogens (tertiary/aromatic N) is 4. The molecule has 3 rings (SSSR count). The second kappa shape index (κ2) is 4.48. The number of fused-ring (bicyclic) bond motifs is 1. The van der Waals surface area contributed by atoms with Gasteiger partial charge in [-0.1, -0.05) is 11.2 Å². The number of rotatable bonds is 2. The number of nitrogens with one attached hydrogen (secondary N) is 1. The lowest BCUT2D eigenvalue weighted by molar-refractivity contribution is 0.102. The topological polar surface area (TPSA) is 107 Å². The molecule has 0 fully saturated rings. The second-order valence-corrected chi connectivity index (χ2v) is 6.35. The first-order valence-electron chi connectivity index (χ1n) is 6.00. The zero-order chi connectivity index (χ0) is 15.2. The highest BCUT2D eigenvalue weighted by atomic mass is 32.2. The number of anilines is 1. The minimum Gasteiger partial charge on any atom is -0.289 e. The molecule has 108 valence electrons. The van der Waals surface area contributed by atoms with Crippen LogP contribution < -0.4 is 5.32 Å². The van der Waals surface area contributed by atoms with Gasteiger partial charge in [-0.15, -0.1) is 0 Å². The summed E-state index contributed by atoms with van der Waals surface area (Å²) in [5.41, 5.74) is 1.26. The summed E-state index contributed by atoms with van der Waals surface area (Å²) >= 11 is 0. The van der Waals surface area contributed by atoms with Crippen molar-refractivity contribution in [2.75, 3.05) is 5.32 Å². The Morgan fingerprint density at radius 3 is 2.76 bits per heavy atom. The fourth-order valence-corrected chi connectivity index (χ4v) is 3.67. The van der Waals surface area contributed by atoms with E-state index in [0.717, 1.165) is 5.41 Å². The SMILES string of the molecule is Cc1c(C(=O)Nc2nnnn2C)ccc2c1S(=O)(=O)C=C2. The van der Waals surface area contributed by atoms with Crippen molar-refractivity contribution >= 4 is 27.8 Å². The first-order chi connectivity index (χ1) is 9.90. The van der Waals surface area contributed by atoms with Gasteiger partial charge in [0.2, 0.25) is 15.8 Å². The molecule has 8 nitrogen and oxygen atoms in total. The number of aromatic nitrogens is 4. The molecule has 0 radical (unpaired) electrons. The molecule has 1 N–H and O–H groups in total. The van der Waals surface area contributed by atoms with Gasteiger partial charge in [-0.2, -0.15) is 0 Å². The summed E-state index contributed by atoms with van der Waals surface area (Å²) in [6.45, 7) is 1.60. The van der Waals surface area contributed by atoms with Crippen LogP contribution in [0.2, 0.25) is 0 Å². The molecule has 1 amide bonds. The Morgan fingerprint density at radius 2 is 2.10 bits per heavy atom. The molecule has 1 aromatic heterocycles. The molecule has 1 aliphatic heterocycles. The van der Waals surface area contributed by atoms with E-state index in [1.165, 1.54) is 10.8 Å². The largest absolute Gasteiger partial charge is 0.289 e. The predicted molar refractivity (Wildman–Crippen MR) is 74.2 cm³/mol. The normalized spacial score (nSPS) is 15.0. The van der Waals surface area contributed by atoms with E-state index in [0.29, 0.717) is 11.1 Å². The Morgan fingerprint density at radius 1 is 1.33 bits per heavy atom. The molecule has 0 aliphatic carbocycles. The molecule has 0 saturated heterocycles. The maximum Gasteiger partial charge on any atom is 0.258 e. The summed E-state index contributed by atoms with van der Waals surface area (Å²) in [4.78, 5) is 12.4. The van der Waals surface area contributed by atoms with Gasteiger partial charge >= 0.3 is 0 Å². The Kier molecular flexibility index (Phi) is 2.87. The number of hydrogen-bond donors (Lipinski definition) is 1. The number of carbonyl (C=O) groups is 1. The van der Waals surface area contributed by atoms with Crippen molar-refractivity contribution in [3.63, 3.8) is 0 Å². The zero-order valence-electron chi connectivity index (χ0n) is 11.2. The number of tetrazole rings is 1. The molecule has 2 aromatic rings. The third kappa shape index (κ3) is 2.11. The standard InChI is InChI=1S/C12H11N5O3S/c1-7-9(11(18)13-12-14-15-16-17(12)2)4-3-8-5-6-21(19,20)10(7)8/h3-6H,1-2H3,(H,13,14,16,18). The number of carbonyl (C=O) groups excluding carboxylic acids is 1. The number of hydrogen-bond acceptors (Lipinski definition) is 6. The second-order valence-electron chi connectivity index (χ2n) is 4.58. The van der Waals surface area contributed by atoms with Crippen LogP contribution in [0.15, 0.2) is 22.4 Å². The van der Waals surface area contributed by atoms with Crippen molar-refractivity contribution in [2.24, 2.45) is 7.05 Å². The molecule has 1 aromatic carbocycles. The van der Waals surface area contributed by atoms with E-state index in [1.54, 1.807) is 26.1 Å². The summed E-state index contributed by atoms with van der Waals surface area (Å²) in [7, 11) is -1.89. The maximum atomic E-state index is 12.3. The van der Waals surface area contributed by atoms with Gasteiger partial charge in [0, 0.05) is 18.0 Å². The molecule has 2 heterocycles. The van der Waals surface area contributed by atoms with Crippen LogP contribution in [0.25, 0.3) is 6.08 Å². The highest BCUT2D eigenvalue weighted by molar-refractivity contribution is 7.94. The molecule has 21 heavy (non-hydrogen) atoms. The van der Waals surface area contributed by atoms with Crippen molar-refractivity contribution in [2.45, 2.75) is 11.8 Å². The molecule has 1 aliphatic rings. The van der Waals surface area contributed by atoms with E-state index in [1.807, 2.05) is 0 Å². The van der Waals surface area contributed by atoms with Gasteiger partial charge in [-0.05, 0) is 40.6 Å². The lowest BCUT2D eigenvalue weighted by Gasteiger charge is -2.10. The molecule has 0 spiro atoms. The Bertz CT molecular complexity index is 882. The van der Waals surface area contributed by atoms with Crippen LogP contribution in [-0.2, 0) is 16.9 Å². The number of aryl methyl sites for hydroxylation is 1. The lowest BCUT2D eigenvalue weighted by Crippen LogP contribution is -2.17. The van der Waals surface area contributed by atoms with E-state index >= 15 is 0 Å². The van der Waals surface area contributed by atoms with E-state index in [2.05, 4.69) is 20.8 Å². The molecule has 0 saturated carbocycles. The zero-order valence-corrected chi connectivity index (χ0v) is 12.0. The average Bonchev–Trinajstić information content (AvgIpc) is 2.94. The first-order valence-corrected chi connectivity index (χ1v) is 7.55. The van der Waals surface area contributed by atoms with Crippen molar-refractivity contribution in [1.82, 2.24) is 20.2 Å². The average molecular weight is 305 g/mol.